The minimum Gasteiger partial charge on any atom is -0.352 e. The molecule has 4 nitrogen and oxygen atoms in total. The molecule has 142 valence electrons. The highest BCUT2D eigenvalue weighted by atomic mass is 19.1. The van der Waals surface area contributed by atoms with Gasteiger partial charge in [0.2, 0.25) is 11.8 Å². The monoisotopic (exact) mass is 368 g/mol. The zero-order chi connectivity index (χ0) is 19.2. The van der Waals surface area contributed by atoms with E-state index in [4.69, 9.17) is 0 Å². The highest BCUT2D eigenvalue weighted by Gasteiger charge is 2.29. The number of piperidine rings is 1. The number of aryl methyl sites for hydroxylation is 1. The standard InChI is InChI=1S/C22H25FN2O2/c1-16-5-7-18(8-6-16)14-24-22(27)19-9-10-21(26)25(15-19)12-11-17-3-2-4-20(23)13-17/h2-8,13,19H,9-12,14-15H2,1H3,(H,24,27)/t19-/m0/s1. The second-order valence-corrected chi connectivity index (χ2v) is 7.16. The van der Waals surface area contributed by atoms with E-state index < -0.39 is 0 Å². The Morgan fingerprint density at radius 3 is 2.70 bits per heavy atom. The largest absolute Gasteiger partial charge is 0.352 e. The maximum Gasteiger partial charge on any atom is 0.225 e. The highest BCUT2D eigenvalue weighted by molar-refractivity contribution is 5.83. The molecule has 1 fully saturated rings. The van der Waals surface area contributed by atoms with Gasteiger partial charge in [-0.3, -0.25) is 9.59 Å². The van der Waals surface area contributed by atoms with Crippen LogP contribution in [0, 0.1) is 18.7 Å². The summed E-state index contributed by atoms with van der Waals surface area (Å²) in [4.78, 5) is 26.4. The summed E-state index contributed by atoms with van der Waals surface area (Å²) in [5, 5.41) is 2.98. The fraction of sp³-hybridized carbons (Fsp3) is 0.364. The lowest BCUT2D eigenvalue weighted by Gasteiger charge is -2.32. The summed E-state index contributed by atoms with van der Waals surface area (Å²) in [6.45, 7) is 3.45. The topological polar surface area (TPSA) is 49.4 Å². The molecule has 3 rings (SSSR count). The van der Waals surface area contributed by atoms with Crippen molar-refractivity contribution in [3.8, 4) is 0 Å². The molecule has 0 unspecified atom stereocenters. The number of nitrogens with zero attached hydrogens (tertiary/aromatic N) is 1. The summed E-state index contributed by atoms with van der Waals surface area (Å²) < 4.78 is 13.3. The van der Waals surface area contributed by atoms with E-state index in [9.17, 15) is 14.0 Å². The smallest absolute Gasteiger partial charge is 0.225 e. The Hall–Kier alpha value is -2.69. The molecule has 0 radical (unpaired) electrons. The van der Waals surface area contributed by atoms with Gasteiger partial charge < -0.3 is 10.2 Å². The van der Waals surface area contributed by atoms with Crippen LogP contribution in [0.15, 0.2) is 48.5 Å². The number of rotatable bonds is 6. The van der Waals surface area contributed by atoms with Crippen molar-refractivity contribution in [1.82, 2.24) is 10.2 Å². The van der Waals surface area contributed by atoms with Crippen LogP contribution >= 0.6 is 0 Å². The van der Waals surface area contributed by atoms with Gasteiger partial charge in [0.25, 0.3) is 0 Å². The van der Waals surface area contributed by atoms with Crippen LogP contribution in [0.2, 0.25) is 0 Å². The Morgan fingerprint density at radius 1 is 1.19 bits per heavy atom. The van der Waals surface area contributed by atoms with Crippen molar-refractivity contribution >= 4 is 11.8 Å². The first-order valence-corrected chi connectivity index (χ1v) is 9.37. The molecule has 5 heteroatoms. The zero-order valence-corrected chi connectivity index (χ0v) is 15.6. The van der Waals surface area contributed by atoms with E-state index in [-0.39, 0.29) is 23.5 Å². The van der Waals surface area contributed by atoms with Crippen molar-refractivity contribution in [3.63, 3.8) is 0 Å². The SMILES string of the molecule is Cc1ccc(CNC(=O)[C@H]2CCC(=O)N(CCc3cccc(F)c3)C2)cc1. The molecule has 1 heterocycles. The number of carbonyl (C=O) groups excluding carboxylic acids is 2. The van der Waals surface area contributed by atoms with E-state index in [1.54, 1.807) is 11.0 Å². The van der Waals surface area contributed by atoms with Gasteiger partial charge in [-0.05, 0) is 43.0 Å². The number of hydrogen-bond acceptors (Lipinski definition) is 2. The quantitative estimate of drug-likeness (QED) is 0.851. The van der Waals surface area contributed by atoms with Gasteiger partial charge in [0, 0.05) is 26.1 Å². The maximum atomic E-state index is 13.3. The number of halogens is 1. The van der Waals surface area contributed by atoms with Crippen molar-refractivity contribution in [2.45, 2.75) is 32.7 Å². The molecule has 2 amide bonds. The Bertz CT molecular complexity index is 804. The van der Waals surface area contributed by atoms with Crippen molar-refractivity contribution in [2.75, 3.05) is 13.1 Å². The van der Waals surface area contributed by atoms with Gasteiger partial charge in [-0.2, -0.15) is 0 Å². The molecule has 0 aliphatic carbocycles. The van der Waals surface area contributed by atoms with Gasteiger partial charge in [-0.25, -0.2) is 4.39 Å². The Kier molecular flexibility index (Phi) is 6.22. The molecule has 0 aromatic heterocycles. The van der Waals surface area contributed by atoms with Crippen molar-refractivity contribution < 1.29 is 14.0 Å². The van der Waals surface area contributed by atoms with Crippen molar-refractivity contribution in [2.24, 2.45) is 5.92 Å². The molecule has 0 saturated carbocycles. The molecule has 1 aliphatic rings. The number of hydrogen-bond donors (Lipinski definition) is 1. The minimum absolute atomic E-state index is 0.0150. The van der Waals surface area contributed by atoms with E-state index in [0.717, 1.165) is 11.1 Å². The van der Waals surface area contributed by atoms with Gasteiger partial charge in [0.1, 0.15) is 5.82 Å². The molecule has 1 saturated heterocycles. The summed E-state index contributed by atoms with van der Waals surface area (Å²) in [5.41, 5.74) is 3.10. The van der Waals surface area contributed by atoms with Crippen LogP contribution in [0.5, 0.6) is 0 Å². The molecule has 1 atom stereocenters. The predicted molar refractivity (Wildman–Crippen MR) is 102 cm³/mol. The minimum atomic E-state index is -0.272. The first-order valence-electron chi connectivity index (χ1n) is 9.37. The number of nitrogens with one attached hydrogen (secondary N) is 1. The second kappa shape index (κ2) is 8.80. The summed E-state index contributed by atoms with van der Waals surface area (Å²) >= 11 is 0. The van der Waals surface area contributed by atoms with Crippen LogP contribution in [0.4, 0.5) is 4.39 Å². The van der Waals surface area contributed by atoms with Gasteiger partial charge in [0.15, 0.2) is 0 Å². The van der Waals surface area contributed by atoms with Crippen LogP contribution in [0.1, 0.15) is 29.5 Å². The van der Waals surface area contributed by atoms with Crippen LogP contribution in [-0.4, -0.2) is 29.8 Å². The third-order valence-electron chi connectivity index (χ3n) is 5.02. The lowest BCUT2D eigenvalue weighted by molar-refractivity contribution is -0.138. The van der Waals surface area contributed by atoms with E-state index in [1.807, 2.05) is 37.3 Å². The fourth-order valence-corrected chi connectivity index (χ4v) is 3.34. The van der Waals surface area contributed by atoms with Gasteiger partial charge in [-0.1, -0.05) is 42.0 Å². The number of benzene rings is 2. The van der Waals surface area contributed by atoms with Gasteiger partial charge >= 0.3 is 0 Å². The second-order valence-electron chi connectivity index (χ2n) is 7.16. The summed E-state index contributed by atoms with van der Waals surface area (Å²) in [6, 6.07) is 14.5. The van der Waals surface area contributed by atoms with E-state index in [2.05, 4.69) is 5.32 Å². The average molecular weight is 368 g/mol. The summed E-state index contributed by atoms with van der Waals surface area (Å²) in [5.74, 6) is -0.417. The van der Waals surface area contributed by atoms with E-state index in [0.29, 0.717) is 38.9 Å². The molecule has 0 spiro atoms. The van der Waals surface area contributed by atoms with Crippen molar-refractivity contribution in [1.29, 1.82) is 0 Å². The lowest BCUT2D eigenvalue weighted by atomic mass is 9.96. The lowest BCUT2D eigenvalue weighted by Crippen LogP contribution is -2.46. The number of carbonyl (C=O) groups is 2. The Labute approximate surface area is 159 Å². The summed E-state index contributed by atoms with van der Waals surface area (Å²) in [7, 11) is 0. The molecule has 2 aromatic carbocycles. The Balaban J connectivity index is 1.51. The molecule has 27 heavy (non-hydrogen) atoms. The van der Waals surface area contributed by atoms with Crippen LogP contribution in [-0.2, 0) is 22.6 Å². The number of likely N-dealkylation sites (tertiary alicyclic amines) is 1. The molecular formula is C22H25FN2O2. The fourth-order valence-electron chi connectivity index (χ4n) is 3.34. The van der Waals surface area contributed by atoms with E-state index in [1.165, 1.54) is 17.7 Å². The molecular weight excluding hydrogens is 343 g/mol. The van der Waals surface area contributed by atoms with Crippen molar-refractivity contribution in [3.05, 3.63) is 71.0 Å². The maximum absolute atomic E-state index is 13.3. The van der Waals surface area contributed by atoms with Gasteiger partial charge in [0.05, 0.1) is 5.92 Å². The zero-order valence-electron chi connectivity index (χ0n) is 15.6. The molecule has 2 aromatic rings. The third-order valence-corrected chi connectivity index (χ3v) is 5.02. The number of amides is 2. The van der Waals surface area contributed by atoms with E-state index >= 15 is 0 Å². The average Bonchev–Trinajstić information content (AvgIpc) is 2.67. The molecule has 1 aliphatic heterocycles. The van der Waals surface area contributed by atoms with Crippen LogP contribution in [0.25, 0.3) is 0 Å². The Morgan fingerprint density at radius 2 is 1.96 bits per heavy atom. The first-order chi connectivity index (χ1) is 13.0. The third kappa shape index (κ3) is 5.39. The van der Waals surface area contributed by atoms with Gasteiger partial charge in [-0.15, -0.1) is 0 Å². The first kappa shape index (κ1) is 19.1. The normalized spacial score (nSPS) is 17.0. The predicted octanol–water partition coefficient (Wildman–Crippen LogP) is 3.23. The highest BCUT2D eigenvalue weighted by Crippen LogP contribution is 2.19. The molecule has 0 bridgehead atoms. The van der Waals surface area contributed by atoms with Crippen LogP contribution < -0.4 is 5.32 Å². The summed E-state index contributed by atoms with van der Waals surface area (Å²) in [6.07, 6.45) is 1.54. The van der Waals surface area contributed by atoms with Crippen LogP contribution in [0.3, 0.4) is 0 Å². The molecule has 1 N–H and O–H groups in total.